The molecule has 2 aromatic heterocycles. The van der Waals surface area contributed by atoms with Gasteiger partial charge >= 0.3 is 0 Å². The summed E-state index contributed by atoms with van der Waals surface area (Å²) in [6, 6.07) is 15.7. The van der Waals surface area contributed by atoms with E-state index in [1.54, 1.807) is 54.2 Å². The van der Waals surface area contributed by atoms with E-state index in [-0.39, 0.29) is 18.1 Å². The standard InChI is InChI=1S/C26H22N4O3S/c27-20(18-4-3-10-28-14-18)13-21(19-5-1-2-6-23(19)31)29-25(32)22-15-34-26(30-22)17-7-8-24-16(12-17)9-11-33-24/h1-8,10,12,14-15,21,27,31H,9,11,13H2,(H,29,32). The Morgan fingerprint density at radius 2 is 2.09 bits per heavy atom. The first kappa shape index (κ1) is 21.8. The van der Waals surface area contributed by atoms with Gasteiger partial charge in [0.2, 0.25) is 0 Å². The fraction of sp³-hybridized carbons (Fsp3) is 0.154. The number of para-hydroxylation sites is 1. The summed E-state index contributed by atoms with van der Waals surface area (Å²) in [6.07, 6.45) is 4.32. The van der Waals surface area contributed by atoms with Crippen LogP contribution in [-0.2, 0) is 6.42 Å². The van der Waals surface area contributed by atoms with Crippen molar-refractivity contribution in [3.8, 4) is 22.1 Å². The summed E-state index contributed by atoms with van der Waals surface area (Å²) in [5.41, 5.74) is 3.90. The number of amides is 1. The molecule has 0 radical (unpaired) electrons. The van der Waals surface area contributed by atoms with Gasteiger partial charge in [0.15, 0.2) is 0 Å². The highest BCUT2D eigenvalue weighted by Crippen LogP contribution is 2.32. The monoisotopic (exact) mass is 470 g/mol. The third-order valence-electron chi connectivity index (χ3n) is 5.71. The second-order valence-electron chi connectivity index (χ2n) is 7.97. The number of aromatic nitrogens is 2. The summed E-state index contributed by atoms with van der Waals surface area (Å²) in [5, 5.41) is 24.4. The van der Waals surface area contributed by atoms with Gasteiger partial charge in [-0.25, -0.2) is 4.98 Å². The van der Waals surface area contributed by atoms with Gasteiger partial charge in [0, 0.05) is 53.0 Å². The van der Waals surface area contributed by atoms with Gasteiger partial charge < -0.3 is 20.6 Å². The molecule has 1 aliphatic heterocycles. The Bertz CT molecular complexity index is 1350. The minimum atomic E-state index is -0.608. The molecule has 5 rings (SSSR count). The lowest BCUT2D eigenvalue weighted by molar-refractivity contribution is 0.0933. The number of carbonyl (C=O) groups excluding carboxylic acids is 1. The van der Waals surface area contributed by atoms with Crippen LogP contribution >= 0.6 is 11.3 Å². The van der Waals surface area contributed by atoms with Crippen LogP contribution in [0.2, 0.25) is 0 Å². The van der Waals surface area contributed by atoms with Crippen molar-refractivity contribution in [1.29, 1.82) is 5.41 Å². The lowest BCUT2D eigenvalue weighted by Crippen LogP contribution is -2.30. The van der Waals surface area contributed by atoms with Crippen LogP contribution in [0.5, 0.6) is 11.5 Å². The molecule has 34 heavy (non-hydrogen) atoms. The molecule has 0 spiro atoms. The van der Waals surface area contributed by atoms with Gasteiger partial charge in [0.25, 0.3) is 5.91 Å². The number of aromatic hydroxyl groups is 1. The maximum atomic E-state index is 13.1. The summed E-state index contributed by atoms with van der Waals surface area (Å²) in [5.74, 6) is 0.602. The molecule has 0 bridgehead atoms. The zero-order valence-electron chi connectivity index (χ0n) is 18.2. The van der Waals surface area contributed by atoms with E-state index >= 15 is 0 Å². The summed E-state index contributed by atoms with van der Waals surface area (Å²) in [4.78, 5) is 21.8. The maximum Gasteiger partial charge on any atom is 0.271 e. The first-order valence-electron chi connectivity index (χ1n) is 10.9. The van der Waals surface area contributed by atoms with E-state index in [0.29, 0.717) is 29.1 Å². The van der Waals surface area contributed by atoms with Crippen LogP contribution in [0.3, 0.4) is 0 Å². The smallest absolute Gasteiger partial charge is 0.271 e. The minimum Gasteiger partial charge on any atom is -0.508 e. The molecule has 4 aromatic rings. The quantitative estimate of drug-likeness (QED) is 0.337. The number of phenolic OH excluding ortho intramolecular Hbond substituents is 1. The number of benzene rings is 2. The number of rotatable bonds is 7. The predicted octanol–water partition coefficient (Wildman–Crippen LogP) is 4.77. The SMILES string of the molecule is N=C(CC(NC(=O)c1csc(-c2ccc3c(c2)CCO3)n1)c1ccccc1O)c1cccnc1. The molecule has 170 valence electrons. The highest BCUT2D eigenvalue weighted by Gasteiger charge is 2.23. The zero-order chi connectivity index (χ0) is 23.5. The molecule has 2 aromatic carbocycles. The number of phenols is 1. The molecule has 3 N–H and O–H groups in total. The summed E-state index contributed by atoms with van der Waals surface area (Å²) in [7, 11) is 0. The van der Waals surface area contributed by atoms with E-state index in [0.717, 1.165) is 28.3 Å². The van der Waals surface area contributed by atoms with E-state index in [1.807, 2.05) is 12.1 Å². The second-order valence-corrected chi connectivity index (χ2v) is 8.83. The first-order chi connectivity index (χ1) is 16.6. The molecule has 7 nitrogen and oxygen atoms in total. The van der Waals surface area contributed by atoms with Crippen molar-refractivity contribution in [3.05, 3.63) is 94.8 Å². The zero-order valence-corrected chi connectivity index (χ0v) is 19.0. The summed E-state index contributed by atoms with van der Waals surface area (Å²) < 4.78 is 5.57. The van der Waals surface area contributed by atoms with Gasteiger partial charge in [-0.1, -0.05) is 24.3 Å². The molecule has 1 aliphatic rings. The highest BCUT2D eigenvalue weighted by atomic mass is 32.1. The lowest BCUT2D eigenvalue weighted by atomic mass is 9.97. The third-order valence-corrected chi connectivity index (χ3v) is 6.60. The van der Waals surface area contributed by atoms with Gasteiger partial charge in [0.1, 0.15) is 22.2 Å². The maximum absolute atomic E-state index is 13.1. The molecular weight excluding hydrogens is 448 g/mol. The minimum absolute atomic E-state index is 0.0612. The van der Waals surface area contributed by atoms with Crippen LogP contribution in [0, 0.1) is 5.41 Å². The van der Waals surface area contributed by atoms with Gasteiger partial charge in [-0.05, 0) is 35.9 Å². The largest absolute Gasteiger partial charge is 0.508 e. The molecule has 1 unspecified atom stereocenters. The molecule has 0 fully saturated rings. The Balaban J connectivity index is 1.37. The van der Waals surface area contributed by atoms with Crippen molar-refractivity contribution < 1.29 is 14.6 Å². The topological polar surface area (TPSA) is 108 Å². The lowest BCUT2D eigenvalue weighted by Gasteiger charge is -2.20. The number of ether oxygens (including phenoxy) is 1. The number of hydrogen-bond donors (Lipinski definition) is 3. The van der Waals surface area contributed by atoms with Crippen LogP contribution < -0.4 is 10.1 Å². The average molecular weight is 471 g/mol. The molecule has 0 aliphatic carbocycles. The van der Waals surface area contributed by atoms with Crippen LogP contribution in [0.25, 0.3) is 10.6 Å². The normalized spacial score (nSPS) is 13.1. The number of nitrogens with one attached hydrogen (secondary N) is 2. The average Bonchev–Trinajstić information content (AvgIpc) is 3.54. The van der Waals surface area contributed by atoms with Crippen molar-refractivity contribution in [2.45, 2.75) is 18.9 Å². The van der Waals surface area contributed by atoms with Gasteiger partial charge in [0.05, 0.1) is 12.6 Å². The number of carbonyl (C=O) groups is 1. The number of hydrogen-bond acceptors (Lipinski definition) is 7. The predicted molar refractivity (Wildman–Crippen MR) is 131 cm³/mol. The van der Waals surface area contributed by atoms with Gasteiger partial charge in [-0.3, -0.25) is 9.78 Å². The first-order valence-corrected chi connectivity index (χ1v) is 11.7. The van der Waals surface area contributed by atoms with Crippen LogP contribution in [0.1, 0.15) is 39.6 Å². The van der Waals surface area contributed by atoms with Crippen LogP contribution in [0.15, 0.2) is 72.4 Å². The van der Waals surface area contributed by atoms with E-state index < -0.39 is 6.04 Å². The van der Waals surface area contributed by atoms with Crippen molar-refractivity contribution in [3.63, 3.8) is 0 Å². The number of pyridine rings is 1. The Morgan fingerprint density at radius 1 is 1.21 bits per heavy atom. The molecule has 1 atom stereocenters. The van der Waals surface area contributed by atoms with Crippen LogP contribution in [0.4, 0.5) is 0 Å². The Labute approximate surface area is 200 Å². The molecular formula is C26H22N4O3S. The fourth-order valence-corrected chi connectivity index (χ4v) is 4.74. The van der Waals surface area contributed by atoms with E-state index in [1.165, 1.54) is 11.3 Å². The molecule has 0 saturated heterocycles. The highest BCUT2D eigenvalue weighted by molar-refractivity contribution is 7.13. The van der Waals surface area contributed by atoms with E-state index in [4.69, 9.17) is 10.1 Å². The van der Waals surface area contributed by atoms with E-state index in [2.05, 4.69) is 21.4 Å². The molecule has 8 heteroatoms. The van der Waals surface area contributed by atoms with Crippen molar-refractivity contribution in [1.82, 2.24) is 15.3 Å². The van der Waals surface area contributed by atoms with Gasteiger partial charge in [-0.2, -0.15) is 0 Å². The Hall–Kier alpha value is -4.04. The number of thiazole rings is 1. The van der Waals surface area contributed by atoms with Crippen molar-refractivity contribution in [2.75, 3.05) is 6.61 Å². The number of fused-ring (bicyclic) bond motifs is 1. The third kappa shape index (κ3) is 4.53. The Kier molecular flexibility index (Phi) is 6.05. The second kappa shape index (κ2) is 9.44. The molecule has 3 heterocycles. The van der Waals surface area contributed by atoms with Gasteiger partial charge in [-0.15, -0.1) is 11.3 Å². The summed E-state index contributed by atoms with van der Waals surface area (Å²) in [6.45, 7) is 0.687. The van der Waals surface area contributed by atoms with Crippen molar-refractivity contribution in [2.24, 2.45) is 0 Å². The fourth-order valence-electron chi connectivity index (χ4n) is 3.95. The van der Waals surface area contributed by atoms with E-state index in [9.17, 15) is 9.90 Å². The number of nitrogens with zero attached hydrogens (tertiary/aromatic N) is 2. The summed E-state index contributed by atoms with van der Waals surface area (Å²) >= 11 is 1.40. The molecule has 0 saturated carbocycles. The van der Waals surface area contributed by atoms with Crippen LogP contribution in [-0.4, -0.2) is 33.3 Å². The van der Waals surface area contributed by atoms with Crippen molar-refractivity contribution >= 4 is 23.0 Å². The molecule has 1 amide bonds. The Morgan fingerprint density at radius 3 is 2.91 bits per heavy atom.